The smallest absolute Gasteiger partial charge is 0.175 e. The van der Waals surface area contributed by atoms with E-state index in [-0.39, 0.29) is 5.41 Å². The van der Waals surface area contributed by atoms with Crippen molar-refractivity contribution in [3.8, 4) is 41.4 Å². The van der Waals surface area contributed by atoms with Crippen LogP contribution in [0.1, 0.15) is 115 Å². The molecule has 0 atom stereocenters. The Balaban J connectivity index is 0.000000136. The number of anilines is 6. The monoisotopic (exact) mass is 1500 g/mol. The van der Waals surface area contributed by atoms with Gasteiger partial charge < -0.3 is 19.3 Å². The number of benzene rings is 7. The van der Waals surface area contributed by atoms with Crippen LogP contribution in [0.4, 0.5) is 34.1 Å². The van der Waals surface area contributed by atoms with Gasteiger partial charge in [-0.3, -0.25) is 0 Å². The second kappa shape index (κ2) is 36.4. The van der Waals surface area contributed by atoms with Crippen LogP contribution in [0.2, 0.25) is 0 Å². The van der Waals surface area contributed by atoms with E-state index in [9.17, 15) is 0 Å². The predicted octanol–water partition coefficient (Wildman–Crippen LogP) is 30.2. The first kappa shape index (κ1) is 78.0. The van der Waals surface area contributed by atoms with Crippen LogP contribution in [0.15, 0.2) is 237 Å². The molecule has 1 aliphatic carbocycles. The molecule has 0 fully saturated rings. The van der Waals surface area contributed by atoms with Crippen molar-refractivity contribution in [1.29, 1.82) is 0 Å². The van der Waals surface area contributed by atoms with E-state index in [0.717, 1.165) is 11.5 Å². The normalized spacial score (nSPS) is 11.9. The van der Waals surface area contributed by atoms with E-state index in [0.29, 0.717) is 13.2 Å². The van der Waals surface area contributed by atoms with Crippen molar-refractivity contribution in [2.75, 3.05) is 23.0 Å². The average Bonchev–Trinajstić information content (AvgIpc) is 1.56. The number of hydrogen-bond donors (Lipinski definition) is 0. The average molecular weight is 1500 g/mol. The summed E-state index contributed by atoms with van der Waals surface area (Å²) >= 11 is 13.0. The van der Waals surface area contributed by atoms with Crippen molar-refractivity contribution in [2.24, 2.45) is 0 Å². The summed E-state index contributed by atoms with van der Waals surface area (Å²) in [6, 6.07) is 82.9. The van der Waals surface area contributed by atoms with Crippen LogP contribution in [0.25, 0.3) is 36.0 Å². The molecule has 1 aliphatic heterocycles. The van der Waals surface area contributed by atoms with Crippen molar-refractivity contribution in [1.82, 2.24) is 0 Å². The topological polar surface area (TPSA) is 24.9 Å². The minimum Gasteiger partial charge on any atom is -0.485 e. The molecule has 0 amide bonds. The molecule has 534 valence electrons. The van der Waals surface area contributed by atoms with Crippen LogP contribution >= 0.6 is 79.4 Å². The molecule has 4 nitrogen and oxygen atoms in total. The van der Waals surface area contributed by atoms with Gasteiger partial charge in [0.05, 0.1) is 0 Å². The maximum atomic E-state index is 5.46. The standard InChI is InChI=1S/C25H23NS.C21H21N.C13H14S2.C10H10S2.C10H12.C8H10O2S.C6H8S/c1-18-4-11-22(12-5-18)26(23-13-6-19(2)7-14-23)24-15-9-21(10-16-24)25-17-8-20(3)27-25;1-16-4-10-19(11-5-16)22(20-12-6-17(2)7-13-20)21-14-8-18(3)9-15-21;1-7-5-9-11(14-7)12-10(13(9,3)4)6-8(2)15-12;1-7-3-5-9(11-7)10-6-4-8(2)12-10;1-3-4-10-7-5-9(2)6-8-10;1-5-7-8(6(2)11-5)10-4-3-9-7;1-5-3-4-6(2)7-5/h4-17H,1-3H3;4-15H,1-3H3;5-6H,1-4H3;3-6H,1-2H3;3-8H,1-2H3;3-4H2,1-2H3;3-4H,1-2H3/b;;;;4-3+;;. The van der Waals surface area contributed by atoms with Gasteiger partial charge in [0, 0.05) is 108 Å². The Morgan fingerprint density at radius 2 is 0.577 bits per heavy atom. The number of ether oxygens (including phenoxy) is 2. The summed E-state index contributed by atoms with van der Waals surface area (Å²) in [5, 5.41) is 0. The first-order valence-corrected chi connectivity index (χ1v) is 41.1. The molecule has 14 aromatic rings. The summed E-state index contributed by atoms with van der Waals surface area (Å²) in [5.74, 6) is 1.91. The van der Waals surface area contributed by atoms with Gasteiger partial charge in [-0.2, -0.15) is 0 Å². The zero-order valence-corrected chi connectivity index (χ0v) is 69.3. The molecule has 2 aliphatic rings. The second-order valence-electron chi connectivity index (χ2n) is 27.1. The highest BCUT2D eigenvalue weighted by atomic mass is 32.1. The summed E-state index contributed by atoms with van der Waals surface area (Å²) in [6.45, 7) is 40.0. The molecule has 0 N–H and O–H groups in total. The molecule has 0 radical (unpaired) electrons. The molecule has 104 heavy (non-hydrogen) atoms. The molecule has 0 saturated heterocycles. The highest BCUT2D eigenvalue weighted by molar-refractivity contribution is 7.23. The Morgan fingerprint density at radius 1 is 0.298 bits per heavy atom. The molecule has 11 heteroatoms. The fraction of sp³-hybridized carbons (Fsp3) is 0.226. The van der Waals surface area contributed by atoms with Gasteiger partial charge in [0.15, 0.2) is 11.5 Å². The number of thiophene rings is 7. The van der Waals surface area contributed by atoms with E-state index >= 15 is 0 Å². The van der Waals surface area contributed by atoms with Crippen LogP contribution in [-0.2, 0) is 5.41 Å². The highest BCUT2D eigenvalue weighted by Gasteiger charge is 2.38. The van der Waals surface area contributed by atoms with Crippen molar-refractivity contribution in [3.63, 3.8) is 0 Å². The third kappa shape index (κ3) is 20.9. The summed E-state index contributed by atoms with van der Waals surface area (Å²) < 4.78 is 10.9. The van der Waals surface area contributed by atoms with E-state index in [1.165, 1.54) is 158 Å². The molecule has 16 rings (SSSR count). The summed E-state index contributed by atoms with van der Waals surface area (Å²) in [4.78, 5) is 24.0. The van der Waals surface area contributed by atoms with Gasteiger partial charge in [0.25, 0.3) is 0 Å². The third-order valence-electron chi connectivity index (χ3n) is 17.6. The number of hydrogen-bond acceptors (Lipinski definition) is 11. The molecule has 0 bridgehead atoms. The number of aryl methyl sites for hydroxylation is 15. The van der Waals surface area contributed by atoms with Crippen molar-refractivity contribution >= 4 is 120 Å². The number of nitrogens with zero attached hydrogens (tertiary/aromatic N) is 2. The molecule has 0 unspecified atom stereocenters. The van der Waals surface area contributed by atoms with Gasteiger partial charge in [0.2, 0.25) is 0 Å². The quantitative estimate of drug-likeness (QED) is 0.144. The molecule has 7 aromatic carbocycles. The Morgan fingerprint density at radius 3 is 0.856 bits per heavy atom. The summed E-state index contributed by atoms with van der Waals surface area (Å²) in [6.07, 6.45) is 4.14. The fourth-order valence-electron chi connectivity index (χ4n) is 12.0. The lowest BCUT2D eigenvalue weighted by atomic mass is 9.84. The Hall–Kier alpha value is -8.62. The van der Waals surface area contributed by atoms with Crippen molar-refractivity contribution < 1.29 is 9.47 Å². The summed E-state index contributed by atoms with van der Waals surface area (Å²) in [5.41, 5.74) is 20.5. The van der Waals surface area contributed by atoms with Crippen LogP contribution in [0, 0.1) is 104 Å². The lowest BCUT2D eigenvalue weighted by Crippen LogP contribution is -2.14. The van der Waals surface area contributed by atoms with Gasteiger partial charge in [0.1, 0.15) is 13.2 Å². The molecule has 7 aromatic heterocycles. The number of rotatable bonds is 9. The van der Waals surface area contributed by atoms with E-state index in [4.69, 9.17) is 9.47 Å². The zero-order valence-electron chi connectivity index (χ0n) is 63.6. The van der Waals surface area contributed by atoms with Gasteiger partial charge in [-0.1, -0.05) is 156 Å². The zero-order chi connectivity index (χ0) is 74.2. The minimum atomic E-state index is 0.222. The SMILES string of the molecule is C/C=C/c1ccc(C)cc1.Cc1cc2c(s1)-c1sc(C)cc1C2(C)C.Cc1ccc(-c2ccc(C)s2)s1.Cc1ccc(C)s1.Cc1ccc(N(c2ccc(C)cc2)c2ccc(-c3ccc(C)s3)cc2)cc1.Cc1ccc(N(c2ccc(C)cc2)c2ccc(C)cc2)cc1.Cc1sc(C)c2c1OCCO2. The van der Waals surface area contributed by atoms with E-state index < -0.39 is 0 Å². The predicted molar refractivity (Wildman–Crippen MR) is 465 cm³/mol. The van der Waals surface area contributed by atoms with E-state index in [2.05, 4.69) is 364 Å². The maximum absolute atomic E-state index is 5.46. The van der Waals surface area contributed by atoms with Gasteiger partial charge in [-0.25, -0.2) is 0 Å². The minimum absolute atomic E-state index is 0.222. The van der Waals surface area contributed by atoms with E-state index in [1.54, 1.807) is 11.3 Å². The highest BCUT2D eigenvalue weighted by Crippen LogP contribution is 2.55. The van der Waals surface area contributed by atoms with Crippen LogP contribution in [0.3, 0.4) is 0 Å². The van der Waals surface area contributed by atoms with Crippen LogP contribution in [0.5, 0.6) is 11.5 Å². The van der Waals surface area contributed by atoms with Crippen molar-refractivity contribution in [2.45, 2.75) is 130 Å². The molecular weight excluding hydrogens is 1400 g/mol. The number of fused-ring (bicyclic) bond motifs is 4. The summed E-state index contributed by atoms with van der Waals surface area (Å²) in [7, 11) is 0. The van der Waals surface area contributed by atoms with E-state index in [1.807, 2.05) is 81.0 Å². The Labute approximate surface area is 648 Å². The molecule has 0 saturated carbocycles. The number of allylic oxidation sites excluding steroid dienone is 1. The largest absolute Gasteiger partial charge is 0.485 e. The third-order valence-corrected chi connectivity index (χ3v) is 25.0. The second-order valence-corrected chi connectivity index (χ2v) is 36.4. The lowest BCUT2D eigenvalue weighted by molar-refractivity contribution is 0.171. The molecule has 8 heterocycles. The van der Waals surface area contributed by atoms with Gasteiger partial charge in [-0.05, 0) is 266 Å². The van der Waals surface area contributed by atoms with Crippen LogP contribution < -0.4 is 19.3 Å². The Bertz CT molecular complexity index is 4740. The first-order chi connectivity index (χ1) is 49.9. The van der Waals surface area contributed by atoms with Crippen molar-refractivity contribution in [3.05, 3.63) is 331 Å². The lowest BCUT2D eigenvalue weighted by Gasteiger charge is -2.26. The maximum Gasteiger partial charge on any atom is 0.175 e. The fourth-order valence-corrected chi connectivity index (χ4v) is 18.9. The van der Waals surface area contributed by atoms with Gasteiger partial charge in [-0.15, -0.1) is 79.4 Å². The molecule has 0 spiro atoms. The Kier molecular flexibility index (Phi) is 27.3. The van der Waals surface area contributed by atoms with Crippen LogP contribution in [-0.4, -0.2) is 13.2 Å². The van der Waals surface area contributed by atoms with Gasteiger partial charge >= 0.3 is 0 Å². The first-order valence-electron chi connectivity index (χ1n) is 35.4. The molecular formula is C93H98N2O2S7.